The fourth-order valence-electron chi connectivity index (χ4n) is 2.72. The molecule has 2 aromatic carbocycles. The average molecular weight is 397 g/mol. The molecule has 2 N–H and O–H groups in total. The van der Waals surface area contributed by atoms with Crippen molar-refractivity contribution in [3.63, 3.8) is 0 Å². The minimum absolute atomic E-state index is 0.351. The Kier molecular flexibility index (Phi) is 6.11. The fraction of sp³-hybridized carbons (Fsp3) is 0.190. The highest BCUT2D eigenvalue weighted by Gasteiger charge is 2.17. The Morgan fingerprint density at radius 2 is 1.86 bits per heavy atom. The number of nitrogens with one attached hydrogen (secondary N) is 2. The summed E-state index contributed by atoms with van der Waals surface area (Å²) in [4.78, 5) is 12.5. The van der Waals surface area contributed by atoms with Gasteiger partial charge in [-0.05, 0) is 62.7 Å². The maximum absolute atomic E-state index is 12.5. The van der Waals surface area contributed by atoms with E-state index in [4.69, 9.17) is 16.3 Å². The minimum atomic E-state index is -0.351. The molecular weight excluding hydrogens is 376 g/mol. The second kappa shape index (κ2) is 8.71. The Morgan fingerprint density at radius 3 is 2.50 bits per heavy atom. The Balaban J connectivity index is 1.74. The molecule has 0 aliphatic carbocycles. The molecule has 0 aliphatic rings. The molecule has 1 heterocycles. The second-order valence-electron chi connectivity index (χ2n) is 6.17. The normalized spacial score (nSPS) is 11.4. The number of hydrogen-bond acceptors (Lipinski definition) is 4. The molecule has 3 rings (SSSR count). The predicted molar refractivity (Wildman–Crippen MR) is 111 cm³/mol. The van der Waals surface area contributed by atoms with Gasteiger partial charge in [0, 0.05) is 16.1 Å². The van der Waals surface area contributed by atoms with Gasteiger partial charge in [-0.3, -0.25) is 9.89 Å². The van der Waals surface area contributed by atoms with Crippen LogP contribution in [0.4, 0.5) is 0 Å². The van der Waals surface area contributed by atoms with Crippen molar-refractivity contribution in [2.45, 2.75) is 20.8 Å². The first kappa shape index (κ1) is 19.6. The standard InChI is InChI=1S/C21H21ClN4O2/c1-4-28-18-11-7-16(8-12-18)19-13(2)20(25-24-19)21(27)26-23-14(3)15-5-9-17(22)10-6-15/h5-12H,4H2,1-3H3,(H,24,25)(H,26,27)/b23-14+. The van der Waals surface area contributed by atoms with E-state index in [0.717, 1.165) is 22.4 Å². The van der Waals surface area contributed by atoms with Crippen molar-refractivity contribution < 1.29 is 9.53 Å². The summed E-state index contributed by atoms with van der Waals surface area (Å²) in [6.45, 7) is 6.21. The third kappa shape index (κ3) is 4.40. The van der Waals surface area contributed by atoms with Crippen LogP contribution in [0.15, 0.2) is 53.6 Å². The molecule has 7 heteroatoms. The Hall–Kier alpha value is -3.12. The molecule has 1 amide bonds. The Morgan fingerprint density at radius 1 is 1.18 bits per heavy atom. The summed E-state index contributed by atoms with van der Waals surface area (Å²) in [5, 5.41) is 11.9. The molecule has 144 valence electrons. The van der Waals surface area contributed by atoms with Crippen molar-refractivity contribution in [3.05, 3.63) is 70.4 Å². The van der Waals surface area contributed by atoms with Gasteiger partial charge in [-0.15, -0.1) is 0 Å². The smallest absolute Gasteiger partial charge is 0.289 e. The first-order valence-corrected chi connectivity index (χ1v) is 9.26. The van der Waals surface area contributed by atoms with Gasteiger partial charge in [0.05, 0.1) is 18.0 Å². The van der Waals surface area contributed by atoms with Gasteiger partial charge < -0.3 is 4.74 Å². The second-order valence-corrected chi connectivity index (χ2v) is 6.61. The topological polar surface area (TPSA) is 79.4 Å². The van der Waals surface area contributed by atoms with Gasteiger partial charge >= 0.3 is 0 Å². The molecule has 0 unspecified atom stereocenters. The molecule has 6 nitrogen and oxygen atoms in total. The zero-order valence-electron chi connectivity index (χ0n) is 15.9. The molecule has 1 aromatic heterocycles. The van der Waals surface area contributed by atoms with Crippen molar-refractivity contribution in [1.29, 1.82) is 0 Å². The van der Waals surface area contributed by atoms with Crippen LogP contribution in [-0.2, 0) is 0 Å². The molecule has 0 saturated carbocycles. The lowest BCUT2D eigenvalue weighted by molar-refractivity contribution is 0.0949. The minimum Gasteiger partial charge on any atom is -0.494 e. The maximum atomic E-state index is 12.5. The number of nitrogens with zero attached hydrogens (tertiary/aromatic N) is 2. The Bertz CT molecular complexity index is 992. The van der Waals surface area contributed by atoms with Gasteiger partial charge in [0.15, 0.2) is 0 Å². The van der Waals surface area contributed by atoms with E-state index in [2.05, 4.69) is 20.7 Å². The fourth-order valence-corrected chi connectivity index (χ4v) is 2.85. The number of aromatic nitrogens is 2. The summed E-state index contributed by atoms with van der Waals surface area (Å²) in [5.74, 6) is 0.444. The number of aromatic amines is 1. The molecular formula is C21H21ClN4O2. The molecule has 0 atom stereocenters. The van der Waals surface area contributed by atoms with E-state index in [9.17, 15) is 4.79 Å². The van der Waals surface area contributed by atoms with E-state index in [1.54, 1.807) is 12.1 Å². The van der Waals surface area contributed by atoms with Gasteiger partial charge in [-0.2, -0.15) is 10.2 Å². The number of H-pyrrole nitrogens is 1. The van der Waals surface area contributed by atoms with Crippen molar-refractivity contribution in [2.24, 2.45) is 5.10 Å². The summed E-state index contributed by atoms with van der Waals surface area (Å²) in [5.41, 5.74) is 6.86. The van der Waals surface area contributed by atoms with Gasteiger partial charge in [0.25, 0.3) is 5.91 Å². The number of halogens is 1. The Labute approximate surface area is 168 Å². The van der Waals surface area contributed by atoms with Crippen LogP contribution in [-0.4, -0.2) is 28.4 Å². The molecule has 0 fully saturated rings. The largest absolute Gasteiger partial charge is 0.494 e. The lowest BCUT2D eigenvalue weighted by Crippen LogP contribution is -2.20. The van der Waals surface area contributed by atoms with Crippen LogP contribution in [0.5, 0.6) is 5.75 Å². The van der Waals surface area contributed by atoms with Crippen LogP contribution in [0.2, 0.25) is 5.02 Å². The molecule has 0 spiro atoms. The first-order chi connectivity index (χ1) is 13.5. The molecule has 0 saturated heterocycles. The number of benzene rings is 2. The van der Waals surface area contributed by atoms with Crippen LogP contribution in [0.25, 0.3) is 11.3 Å². The maximum Gasteiger partial charge on any atom is 0.289 e. The SMILES string of the molecule is CCOc1ccc(-c2n[nH]c(C(=O)N/N=C(\C)c3ccc(Cl)cc3)c2C)cc1. The predicted octanol–water partition coefficient (Wildman–Crippen LogP) is 4.59. The zero-order valence-corrected chi connectivity index (χ0v) is 16.7. The number of hydrazone groups is 1. The highest BCUT2D eigenvalue weighted by Crippen LogP contribution is 2.25. The van der Waals surface area contributed by atoms with Crippen molar-refractivity contribution in [2.75, 3.05) is 6.61 Å². The molecule has 0 bridgehead atoms. The number of amides is 1. The first-order valence-electron chi connectivity index (χ1n) is 8.88. The van der Waals surface area contributed by atoms with Gasteiger partial charge in [0.2, 0.25) is 0 Å². The zero-order chi connectivity index (χ0) is 20.1. The van der Waals surface area contributed by atoms with Crippen LogP contribution >= 0.6 is 11.6 Å². The number of carbonyl (C=O) groups excluding carboxylic acids is 1. The summed E-state index contributed by atoms with van der Waals surface area (Å²) < 4.78 is 5.45. The van der Waals surface area contributed by atoms with E-state index < -0.39 is 0 Å². The highest BCUT2D eigenvalue weighted by molar-refractivity contribution is 6.30. The van der Waals surface area contributed by atoms with Crippen LogP contribution < -0.4 is 10.2 Å². The third-order valence-electron chi connectivity index (χ3n) is 4.26. The van der Waals surface area contributed by atoms with Crippen LogP contribution in [0.1, 0.15) is 35.5 Å². The van der Waals surface area contributed by atoms with Crippen LogP contribution in [0, 0.1) is 6.92 Å². The van der Waals surface area contributed by atoms with E-state index in [0.29, 0.717) is 28.7 Å². The summed E-state index contributed by atoms with van der Waals surface area (Å²) in [6.07, 6.45) is 0. The molecule has 3 aromatic rings. The van der Waals surface area contributed by atoms with Crippen molar-refractivity contribution in [3.8, 4) is 17.0 Å². The van der Waals surface area contributed by atoms with E-state index >= 15 is 0 Å². The summed E-state index contributed by atoms with van der Waals surface area (Å²) in [6, 6.07) is 14.8. The number of ether oxygens (including phenoxy) is 1. The third-order valence-corrected chi connectivity index (χ3v) is 4.51. The number of hydrogen-bond donors (Lipinski definition) is 2. The monoisotopic (exact) mass is 396 g/mol. The van der Waals surface area contributed by atoms with Gasteiger partial charge in [0.1, 0.15) is 11.4 Å². The van der Waals surface area contributed by atoms with E-state index in [-0.39, 0.29) is 5.91 Å². The van der Waals surface area contributed by atoms with Gasteiger partial charge in [-0.1, -0.05) is 23.7 Å². The van der Waals surface area contributed by atoms with Gasteiger partial charge in [-0.25, -0.2) is 5.43 Å². The lowest BCUT2D eigenvalue weighted by atomic mass is 10.1. The quantitative estimate of drug-likeness (QED) is 0.472. The number of rotatable bonds is 6. The molecule has 0 aliphatic heterocycles. The summed E-state index contributed by atoms with van der Waals surface area (Å²) in [7, 11) is 0. The average Bonchev–Trinajstić information content (AvgIpc) is 3.09. The van der Waals surface area contributed by atoms with Crippen molar-refractivity contribution >= 4 is 23.2 Å². The summed E-state index contributed by atoms with van der Waals surface area (Å²) >= 11 is 5.89. The lowest BCUT2D eigenvalue weighted by Gasteiger charge is -2.04. The molecule has 28 heavy (non-hydrogen) atoms. The van der Waals surface area contributed by atoms with E-state index in [1.807, 2.05) is 57.2 Å². The molecule has 0 radical (unpaired) electrons. The highest BCUT2D eigenvalue weighted by atomic mass is 35.5. The van der Waals surface area contributed by atoms with Crippen molar-refractivity contribution in [1.82, 2.24) is 15.6 Å². The number of carbonyl (C=O) groups is 1. The van der Waals surface area contributed by atoms with Crippen LogP contribution in [0.3, 0.4) is 0 Å². The van der Waals surface area contributed by atoms with E-state index in [1.165, 1.54) is 0 Å².